The molecule has 1 aliphatic carbocycles. The highest BCUT2D eigenvalue weighted by atomic mass is 16.5. The molecule has 1 aliphatic rings. The highest BCUT2D eigenvalue weighted by Gasteiger charge is 2.43. The highest BCUT2D eigenvalue weighted by molar-refractivity contribution is 5.79. The smallest absolute Gasteiger partial charge is 0.298 e. The molecule has 4 N–H and O–H groups in total. The van der Waals surface area contributed by atoms with Crippen LogP contribution in [0.25, 0.3) is 11.2 Å². The summed E-state index contributed by atoms with van der Waals surface area (Å²) in [4.78, 5) is 12.6. The fourth-order valence-corrected chi connectivity index (χ4v) is 3.09. The summed E-state index contributed by atoms with van der Waals surface area (Å²) in [5.74, 6) is 0.321. The van der Waals surface area contributed by atoms with Gasteiger partial charge in [0.15, 0.2) is 11.2 Å². The monoisotopic (exact) mass is 309 g/mol. The number of nitrogens with zero attached hydrogens (tertiary/aromatic N) is 4. The molecule has 0 aromatic carbocycles. The summed E-state index contributed by atoms with van der Waals surface area (Å²) in [6.07, 6.45) is 0.704. The largest absolute Gasteiger partial charge is 0.479 e. The van der Waals surface area contributed by atoms with Crippen LogP contribution in [0.2, 0.25) is 0 Å². The van der Waals surface area contributed by atoms with Crippen molar-refractivity contribution >= 4 is 17.1 Å². The molecule has 2 aromatic rings. The molecule has 9 nitrogen and oxygen atoms in total. The van der Waals surface area contributed by atoms with Crippen molar-refractivity contribution in [2.24, 2.45) is 11.8 Å². The molecule has 3 atom stereocenters. The second-order valence-electron chi connectivity index (χ2n) is 5.32. The molecule has 0 radical (unpaired) electrons. The Labute approximate surface area is 126 Å². The van der Waals surface area contributed by atoms with Crippen LogP contribution in [0.4, 0.5) is 5.95 Å². The molecule has 1 fully saturated rings. The SMILES string of the molecule is COc1nc(N)nc2c1nc(OC)n2C1C[C@H](CO)[C@H]1CO. The number of anilines is 1. The minimum atomic E-state index is -0.0847. The summed E-state index contributed by atoms with van der Waals surface area (Å²) in [6.45, 7) is 0.00748. The van der Waals surface area contributed by atoms with Gasteiger partial charge < -0.3 is 25.4 Å². The zero-order valence-corrected chi connectivity index (χ0v) is 12.4. The molecule has 9 heteroatoms. The fourth-order valence-electron chi connectivity index (χ4n) is 3.09. The van der Waals surface area contributed by atoms with Crippen molar-refractivity contribution in [3.63, 3.8) is 0 Å². The summed E-state index contributed by atoms with van der Waals surface area (Å²) >= 11 is 0. The first-order valence-corrected chi connectivity index (χ1v) is 6.99. The molecule has 1 unspecified atom stereocenters. The van der Waals surface area contributed by atoms with Gasteiger partial charge in [-0.05, 0) is 12.3 Å². The van der Waals surface area contributed by atoms with E-state index < -0.39 is 0 Å². The Kier molecular flexibility index (Phi) is 3.75. The molecular formula is C13H19N5O4. The van der Waals surface area contributed by atoms with E-state index in [-0.39, 0.29) is 42.9 Å². The summed E-state index contributed by atoms with van der Waals surface area (Å²) in [5.41, 5.74) is 6.68. The number of fused-ring (bicyclic) bond motifs is 1. The molecule has 0 spiro atoms. The van der Waals surface area contributed by atoms with E-state index in [1.807, 2.05) is 0 Å². The van der Waals surface area contributed by atoms with Gasteiger partial charge in [0, 0.05) is 25.2 Å². The normalized spacial score (nSPS) is 24.3. The van der Waals surface area contributed by atoms with E-state index in [1.165, 1.54) is 14.2 Å². The second-order valence-corrected chi connectivity index (χ2v) is 5.32. The number of aliphatic hydroxyl groups excluding tert-OH is 2. The molecule has 1 saturated carbocycles. The Bertz CT molecular complexity index is 689. The lowest BCUT2D eigenvalue weighted by Crippen LogP contribution is -2.42. The molecule has 0 bridgehead atoms. The lowest BCUT2D eigenvalue weighted by atomic mass is 9.70. The molecule has 2 aromatic heterocycles. The van der Waals surface area contributed by atoms with Crippen molar-refractivity contribution in [2.75, 3.05) is 33.2 Å². The van der Waals surface area contributed by atoms with E-state index in [9.17, 15) is 10.2 Å². The van der Waals surface area contributed by atoms with Crippen LogP contribution in [-0.2, 0) is 0 Å². The van der Waals surface area contributed by atoms with Crippen molar-refractivity contribution in [1.29, 1.82) is 0 Å². The van der Waals surface area contributed by atoms with E-state index in [0.717, 1.165) is 0 Å². The number of ether oxygens (including phenoxy) is 2. The first-order valence-electron chi connectivity index (χ1n) is 6.99. The van der Waals surface area contributed by atoms with Gasteiger partial charge in [0.05, 0.1) is 14.2 Å². The van der Waals surface area contributed by atoms with E-state index in [4.69, 9.17) is 15.2 Å². The Morgan fingerprint density at radius 2 is 1.95 bits per heavy atom. The Morgan fingerprint density at radius 3 is 2.55 bits per heavy atom. The van der Waals surface area contributed by atoms with Crippen molar-refractivity contribution < 1.29 is 19.7 Å². The zero-order valence-electron chi connectivity index (χ0n) is 12.4. The van der Waals surface area contributed by atoms with E-state index >= 15 is 0 Å². The number of hydrogen-bond donors (Lipinski definition) is 3. The Balaban J connectivity index is 2.14. The van der Waals surface area contributed by atoms with Crippen molar-refractivity contribution in [1.82, 2.24) is 19.5 Å². The van der Waals surface area contributed by atoms with Gasteiger partial charge in [-0.3, -0.25) is 4.57 Å². The fraction of sp³-hybridized carbons (Fsp3) is 0.615. The van der Waals surface area contributed by atoms with Crippen LogP contribution in [0.3, 0.4) is 0 Å². The van der Waals surface area contributed by atoms with Crippen molar-refractivity contribution in [2.45, 2.75) is 12.5 Å². The lowest BCUT2D eigenvalue weighted by molar-refractivity contribution is -0.00794. The minimum Gasteiger partial charge on any atom is -0.479 e. The van der Waals surface area contributed by atoms with Gasteiger partial charge in [-0.2, -0.15) is 15.0 Å². The van der Waals surface area contributed by atoms with Gasteiger partial charge in [-0.1, -0.05) is 0 Å². The predicted octanol–water partition coefficient (Wildman–Crippen LogP) is -0.413. The van der Waals surface area contributed by atoms with Crippen LogP contribution in [0.5, 0.6) is 11.9 Å². The molecule has 0 amide bonds. The lowest BCUT2D eigenvalue weighted by Gasteiger charge is -2.43. The second kappa shape index (κ2) is 5.58. The zero-order chi connectivity index (χ0) is 15.9. The summed E-state index contributed by atoms with van der Waals surface area (Å²) in [5, 5.41) is 18.9. The topological polar surface area (TPSA) is 129 Å². The Hall–Kier alpha value is -2.13. The summed E-state index contributed by atoms with van der Waals surface area (Å²) in [6, 6.07) is 0.286. The maximum Gasteiger partial charge on any atom is 0.298 e. The number of hydrogen-bond acceptors (Lipinski definition) is 8. The minimum absolute atomic E-state index is 0.0313. The molecular weight excluding hydrogens is 290 g/mol. The van der Waals surface area contributed by atoms with Gasteiger partial charge in [-0.15, -0.1) is 0 Å². The molecule has 0 saturated heterocycles. The van der Waals surface area contributed by atoms with Crippen LogP contribution in [0, 0.1) is 11.8 Å². The van der Waals surface area contributed by atoms with E-state index in [2.05, 4.69) is 15.0 Å². The predicted molar refractivity (Wildman–Crippen MR) is 77.6 cm³/mol. The number of aromatic nitrogens is 4. The summed E-state index contributed by atoms with van der Waals surface area (Å²) in [7, 11) is 2.99. The summed E-state index contributed by atoms with van der Waals surface area (Å²) < 4.78 is 12.3. The van der Waals surface area contributed by atoms with Crippen LogP contribution in [-0.4, -0.2) is 57.2 Å². The van der Waals surface area contributed by atoms with Gasteiger partial charge in [0.2, 0.25) is 11.8 Å². The van der Waals surface area contributed by atoms with Crippen LogP contribution in [0.1, 0.15) is 12.5 Å². The average Bonchev–Trinajstić information content (AvgIpc) is 2.85. The van der Waals surface area contributed by atoms with Gasteiger partial charge in [0.1, 0.15) is 0 Å². The number of methoxy groups -OCH3 is 2. The third-order valence-corrected chi connectivity index (χ3v) is 4.29. The molecule has 120 valence electrons. The molecule has 0 aliphatic heterocycles. The number of nitrogens with two attached hydrogens (primary N) is 1. The van der Waals surface area contributed by atoms with Crippen LogP contribution in [0.15, 0.2) is 0 Å². The maximum atomic E-state index is 9.58. The first-order chi connectivity index (χ1) is 10.6. The third kappa shape index (κ3) is 2.04. The molecule has 3 rings (SSSR count). The number of rotatable bonds is 5. The van der Waals surface area contributed by atoms with Crippen molar-refractivity contribution in [3.8, 4) is 11.9 Å². The third-order valence-electron chi connectivity index (χ3n) is 4.29. The van der Waals surface area contributed by atoms with Crippen LogP contribution < -0.4 is 15.2 Å². The van der Waals surface area contributed by atoms with Crippen LogP contribution >= 0.6 is 0 Å². The highest BCUT2D eigenvalue weighted by Crippen LogP contribution is 2.47. The molecule has 22 heavy (non-hydrogen) atoms. The van der Waals surface area contributed by atoms with Gasteiger partial charge in [0.25, 0.3) is 6.01 Å². The van der Waals surface area contributed by atoms with Crippen molar-refractivity contribution in [3.05, 3.63) is 0 Å². The number of nitrogen functional groups attached to an aromatic ring is 1. The average molecular weight is 309 g/mol. The van der Waals surface area contributed by atoms with Gasteiger partial charge in [-0.25, -0.2) is 0 Å². The quantitative estimate of drug-likeness (QED) is 0.679. The molecule has 2 heterocycles. The van der Waals surface area contributed by atoms with E-state index in [1.54, 1.807) is 4.57 Å². The van der Waals surface area contributed by atoms with Gasteiger partial charge >= 0.3 is 0 Å². The first kappa shape index (κ1) is 14.8. The maximum absolute atomic E-state index is 9.58. The Morgan fingerprint density at radius 1 is 1.18 bits per heavy atom. The number of imidazole rings is 1. The standard InChI is InChI=1S/C13H19N5O4/c1-21-11-9-10(16-12(14)17-11)18(13(15-9)22-2)8-3-6(4-19)7(8)5-20/h6-8,19-20H,3-5H2,1-2H3,(H2,14,16,17)/t6-,7-,8?/m1/s1. The van der Waals surface area contributed by atoms with E-state index in [0.29, 0.717) is 23.6 Å². The number of aliphatic hydroxyl groups is 2.